The maximum Gasteiger partial charge on any atom is 0.0706 e. The molecule has 2 fully saturated rings. The Morgan fingerprint density at radius 3 is 2.32 bits per heavy atom. The number of ether oxygens (including phenoxy) is 1. The van der Waals surface area contributed by atoms with Crippen molar-refractivity contribution in [1.82, 2.24) is 4.90 Å². The summed E-state index contributed by atoms with van der Waals surface area (Å²) < 4.78 is 6.02. The summed E-state index contributed by atoms with van der Waals surface area (Å²) in [7, 11) is 0. The first-order valence-corrected chi connectivity index (χ1v) is 8.31. The van der Waals surface area contributed by atoms with Crippen LogP contribution >= 0.6 is 0 Å². The second-order valence-electron chi connectivity index (χ2n) is 6.53. The van der Waals surface area contributed by atoms with Crippen LogP contribution in [-0.2, 0) is 4.74 Å². The minimum atomic E-state index is 0.250. The van der Waals surface area contributed by atoms with Gasteiger partial charge in [0.25, 0.3) is 0 Å². The molecular weight excluding hydrogens is 236 g/mol. The molecule has 0 aromatic rings. The molecule has 112 valence electrons. The number of hydrogen-bond donors (Lipinski definition) is 1. The summed E-state index contributed by atoms with van der Waals surface area (Å²) in [5, 5.41) is 0. The molecule has 1 heterocycles. The molecule has 0 aromatic heterocycles. The van der Waals surface area contributed by atoms with E-state index >= 15 is 0 Å². The zero-order valence-corrected chi connectivity index (χ0v) is 12.9. The lowest BCUT2D eigenvalue weighted by Crippen LogP contribution is -2.55. The molecule has 19 heavy (non-hydrogen) atoms. The van der Waals surface area contributed by atoms with Gasteiger partial charge >= 0.3 is 0 Å². The van der Waals surface area contributed by atoms with E-state index in [1.54, 1.807) is 0 Å². The number of likely N-dealkylation sites (N-methyl/N-ethyl adjacent to an activating group) is 1. The van der Waals surface area contributed by atoms with E-state index in [-0.39, 0.29) is 5.54 Å². The van der Waals surface area contributed by atoms with Crippen molar-refractivity contribution in [3.63, 3.8) is 0 Å². The van der Waals surface area contributed by atoms with Crippen LogP contribution in [0.4, 0.5) is 0 Å². The molecule has 2 unspecified atom stereocenters. The van der Waals surface area contributed by atoms with Gasteiger partial charge in [-0.1, -0.05) is 32.6 Å². The zero-order chi connectivity index (χ0) is 13.7. The third-order valence-electron chi connectivity index (χ3n) is 5.21. The summed E-state index contributed by atoms with van der Waals surface area (Å²) >= 11 is 0. The van der Waals surface area contributed by atoms with Crippen molar-refractivity contribution in [2.24, 2.45) is 5.73 Å². The van der Waals surface area contributed by atoms with Crippen molar-refractivity contribution in [2.45, 2.75) is 83.0 Å². The molecule has 0 radical (unpaired) electrons. The van der Waals surface area contributed by atoms with Crippen LogP contribution in [0.5, 0.6) is 0 Å². The van der Waals surface area contributed by atoms with Crippen LogP contribution in [0, 0.1) is 0 Å². The molecule has 0 aromatic carbocycles. The second-order valence-corrected chi connectivity index (χ2v) is 6.53. The average Bonchev–Trinajstić information content (AvgIpc) is 2.69. The number of nitrogens with two attached hydrogens (primary N) is 1. The lowest BCUT2D eigenvalue weighted by atomic mass is 9.87. The normalized spacial score (nSPS) is 31.6. The third kappa shape index (κ3) is 3.71. The Labute approximate surface area is 118 Å². The van der Waals surface area contributed by atoms with Crippen LogP contribution in [0.3, 0.4) is 0 Å². The van der Waals surface area contributed by atoms with Crippen LogP contribution in [-0.4, -0.2) is 42.3 Å². The zero-order valence-electron chi connectivity index (χ0n) is 12.9. The lowest BCUT2D eigenvalue weighted by Gasteiger charge is -2.44. The minimum Gasteiger partial charge on any atom is -0.374 e. The fourth-order valence-corrected chi connectivity index (χ4v) is 3.96. The summed E-state index contributed by atoms with van der Waals surface area (Å²) in [6.07, 6.45) is 11.3. The highest BCUT2D eigenvalue weighted by Crippen LogP contribution is 2.33. The Morgan fingerprint density at radius 2 is 1.84 bits per heavy atom. The highest BCUT2D eigenvalue weighted by Gasteiger charge is 2.37. The Hall–Kier alpha value is -0.120. The average molecular weight is 268 g/mol. The Morgan fingerprint density at radius 1 is 1.16 bits per heavy atom. The summed E-state index contributed by atoms with van der Waals surface area (Å²) in [6.45, 7) is 7.47. The highest BCUT2D eigenvalue weighted by molar-refractivity contribution is 4.94. The highest BCUT2D eigenvalue weighted by atomic mass is 16.5. The molecule has 1 aliphatic heterocycles. The monoisotopic (exact) mass is 268 g/mol. The first-order valence-electron chi connectivity index (χ1n) is 8.31. The van der Waals surface area contributed by atoms with E-state index in [1.807, 2.05) is 0 Å². The Bertz CT molecular complexity index is 261. The molecule has 0 spiro atoms. The van der Waals surface area contributed by atoms with Crippen molar-refractivity contribution < 1.29 is 4.74 Å². The predicted molar refractivity (Wildman–Crippen MR) is 80.3 cm³/mol. The van der Waals surface area contributed by atoms with E-state index in [9.17, 15) is 0 Å². The molecule has 2 rings (SSSR count). The number of hydrogen-bond acceptors (Lipinski definition) is 3. The third-order valence-corrected chi connectivity index (χ3v) is 5.21. The van der Waals surface area contributed by atoms with Crippen LogP contribution in [0.2, 0.25) is 0 Å². The van der Waals surface area contributed by atoms with E-state index in [2.05, 4.69) is 18.7 Å². The molecule has 0 amide bonds. The van der Waals surface area contributed by atoms with Crippen molar-refractivity contribution in [2.75, 3.05) is 19.6 Å². The first-order chi connectivity index (χ1) is 9.20. The van der Waals surface area contributed by atoms with Gasteiger partial charge in [-0.3, -0.25) is 4.90 Å². The van der Waals surface area contributed by atoms with Gasteiger partial charge in [-0.25, -0.2) is 0 Å². The van der Waals surface area contributed by atoms with Gasteiger partial charge in [0.1, 0.15) is 0 Å². The molecule has 1 saturated heterocycles. The number of nitrogens with zero attached hydrogens (tertiary/aromatic N) is 1. The van der Waals surface area contributed by atoms with Gasteiger partial charge in [-0.15, -0.1) is 0 Å². The van der Waals surface area contributed by atoms with E-state index in [0.29, 0.717) is 12.2 Å². The summed E-state index contributed by atoms with van der Waals surface area (Å²) in [5.74, 6) is 0. The van der Waals surface area contributed by atoms with Gasteiger partial charge < -0.3 is 10.5 Å². The van der Waals surface area contributed by atoms with Crippen molar-refractivity contribution in [3.8, 4) is 0 Å². The van der Waals surface area contributed by atoms with Crippen LogP contribution in [0.15, 0.2) is 0 Å². The minimum absolute atomic E-state index is 0.250. The predicted octanol–water partition coefficient (Wildman–Crippen LogP) is 2.93. The standard InChI is InChI=1S/C16H32N2O/c1-3-18(12-15-9-8-14(2)19-15)16(13-17)10-6-4-5-7-11-16/h14-15H,3-13,17H2,1-2H3. The van der Waals surface area contributed by atoms with E-state index < -0.39 is 0 Å². The van der Waals surface area contributed by atoms with E-state index in [0.717, 1.165) is 19.6 Å². The Balaban J connectivity index is 2.00. The van der Waals surface area contributed by atoms with Crippen LogP contribution in [0.1, 0.15) is 65.2 Å². The summed E-state index contributed by atoms with van der Waals surface area (Å²) in [6, 6.07) is 0. The van der Waals surface area contributed by atoms with Crippen molar-refractivity contribution in [1.29, 1.82) is 0 Å². The fourth-order valence-electron chi connectivity index (χ4n) is 3.96. The largest absolute Gasteiger partial charge is 0.374 e. The molecule has 2 aliphatic rings. The molecule has 2 N–H and O–H groups in total. The van der Waals surface area contributed by atoms with E-state index in [1.165, 1.54) is 51.4 Å². The van der Waals surface area contributed by atoms with Gasteiger partial charge in [0.2, 0.25) is 0 Å². The van der Waals surface area contributed by atoms with Crippen molar-refractivity contribution >= 4 is 0 Å². The topological polar surface area (TPSA) is 38.5 Å². The molecule has 3 heteroatoms. The molecule has 1 aliphatic carbocycles. The first kappa shape index (κ1) is 15.3. The quantitative estimate of drug-likeness (QED) is 0.779. The smallest absolute Gasteiger partial charge is 0.0706 e. The van der Waals surface area contributed by atoms with Crippen LogP contribution < -0.4 is 5.73 Å². The fraction of sp³-hybridized carbons (Fsp3) is 1.00. The van der Waals surface area contributed by atoms with Gasteiger partial charge in [-0.2, -0.15) is 0 Å². The lowest BCUT2D eigenvalue weighted by molar-refractivity contribution is -0.00478. The van der Waals surface area contributed by atoms with Gasteiger partial charge in [0, 0.05) is 18.6 Å². The molecule has 2 atom stereocenters. The summed E-state index contributed by atoms with van der Waals surface area (Å²) in [5.41, 5.74) is 6.45. The SMILES string of the molecule is CCN(CC1CCC(C)O1)C1(CN)CCCCCC1. The molecule has 3 nitrogen and oxygen atoms in total. The maximum atomic E-state index is 6.20. The Kier molecular flexibility index (Phi) is 5.67. The van der Waals surface area contributed by atoms with Gasteiger partial charge in [-0.05, 0) is 39.2 Å². The maximum absolute atomic E-state index is 6.20. The number of rotatable bonds is 5. The van der Waals surface area contributed by atoms with E-state index in [4.69, 9.17) is 10.5 Å². The van der Waals surface area contributed by atoms with Gasteiger partial charge in [0.15, 0.2) is 0 Å². The molecule has 0 bridgehead atoms. The van der Waals surface area contributed by atoms with Gasteiger partial charge in [0.05, 0.1) is 12.2 Å². The van der Waals surface area contributed by atoms with Crippen molar-refractivity contribution in [3.05, 3.63) is 0 Å². The molecular formula is C16H32N2O. The van der Waals surface area contributed by atoms with Crippen LogP contribution in [0.25, 0.3) is 0 Å². The second kappa shape index (κ2) is 7.05. The summed E-state index contributed by atoms with van der Waals surface area (Å²) in [4.78, 5) is 2.64. The molecule has 1 saturated carbocycles.